The third-order valence-electron chi connectivity index (χ3n) is 3.79. The Morgan fingerprint density at radius 2 is 2.24 bits per heavy atom. The second kappa shape index (κ2) is 7.76. The number of ether oxygens (including phenoxy) is 1. The van der Waals surface area contributed by atoms with Crippen molar-refractivity contribution >= 4 is 53.1 Å². The molecule has 0 fully saturated rings. The predicted molar refractivity (Wildman–Crippen MR) is 103 cm³/mol. The van der Waals surface area contributed by atoms with Crippen LogP contribution in [0.4, 0.5) is 5.69 Å². The monoisotopic (exact) mass is 374 g/mol. The number of para-hydroxylation sites is 1. The minimum absolute atomic E-state index is 0.0206. The average molecular weight is 374 g/mol. The van der Waals surface area contributed by atoms with Gasteiger partial charge in [0.1, 0.15) is 6.54 Å². The van der Waals surface area contributed by atoms with Gasteiger partial charge in [-0.1, -0.05) is 31.5 Å². The van der Waals surface area contributed by atoms with Crippen molar-refractivity contribution < 1.29 is 14.6 Å². The molecule has 0 atom stereocenters. The van der Waals surface area contributed by atoms with Gasteiger partial charge in [-0.2, -0.15) is 0 Å². The van der Waals surface area contributed by atoms with Crippen LogP contribution in [0, 0.1) is 3.95 Å². The number of nitrogens with zero attached hydrogens (tertiary/aromatic N) is 2. The molecule has 1 aromatic heterocycles. The first-order chi connectivity index (χ1) is 12.1. The van der Waals surface area contributed by atoms with Gasteiger partial charge < -0.3 is 9.84 Å². The summed E-state index contributed by atoms with van der Waals surface area (Å²) in [5, 5.41) is 10.4. The molecule has 0 bridgehead atoms. The number of thiazole rings is 1. The number of unbranched alkanes of at least 4 members (excludes halogenated alkanes) is 1. The normalized spacial score (nSPS) is 14.0. The Morgan fingerprint density at radius 1 is 1.44 bits per heavy atom. The van der Waals surface area contributed by atoms with Crippen molar-refractivity contribution in [2.75, 3.05) is 6.61 Å². The number of carbonyl (C=O) groups excluding carboxylic acids is 1. The first-order valence-electron chi connectivity index (χ1n) is 8.03. The number of rotatable bonds is 6. The van der Waals surface area contributed by atoms with E-state index in [4.69, 9.17) is 17.0 Å². The van der Waals surface area contributed by atoms with Crippen molar-refractivity contribution in [2.45, 2.75) is 26.3 Å². The molecule has 0 amide bonds. The standard InChI is InChI=1S/C18H18N2O3S2/c1-2-3-8-23-16(21)11-20-17(22)15(25-18(20)24)9-12-10-19-14-7-5-4-6-13(12)14/h4-7,9-10,22H,2-3,8,11H2,1H3/b12-9+. The van der Waals surface area contributed by atoms with Crippen LogP contribution < -0.4 is 0 Å². The van der Waals surface area contributed by atoms with Crippen molar-refractivity contribution in [3.8, 4) is 5.88 Å². The van der Waals surface area contributed by atoms with Gasteiger partial charge in [-0.3, -0.25) is 14.4 Å². The van der Waals surface area contributed by atoms with Gasteiger partial charge in [-0.05, 0) is 30.8 Å². The highest BCUT2D eigenvalue weighted by Crippen LogP contribution is 2.35. The van der Waals surface area contributed by atoms with Crippen LogP contribution in [0.25, 0.3) is 11.6 Å². The van der Waals surface area contributed by atoms with Gasteiger partial charge in [-0.15, -0.1) is 11.3 Å². The molecule has 2 heterocycles. The van der Waals surface area contributed by atoms with Crippen molar-refractivity contribution in [1.29, 1.82) is 0 Å². The number of allylic oxidation sites excluding steroid dienone is 1. The van der Waals surface area contributed by atoms with Crippen LogP contribution in [0.5, 0.6) is 5.88 Å². The van der Waals surface area contributed by atoms with E-state index in [2.05, 4.69) is 4.99 Å². The molecule has 0 radical (unpaired) electrons. The largest absolute Gasteiger partial charge is 0.493 e. The fourth-order valence-electron chi connectivity index (χ4n) is 2.45. The fraction of sp³-hybridized carbons (Fsp3) is 0.278. The minimum atomic E-state index is -0.398. The molecule has 1 aliphatic heterocycles. The molecule has 1 aliphatic rings. The number of hydrogen-bond donors (Lipinski definition) is 1. The Kier molecular flexibility index (Phi) is 5.45. The van der Waals surface area contributed by atoms with Gasteiger partial charge in [0, 0.05) is 17.4 Å². The van der Waals surface area contributed by atoms with E-state index in [9.17, 15) is 9.90 Å². The predicted octanol–water partition coefficient (Wildman–Crippen LogP) is 4.58. The zero-order valence-electron chi connectivity index (χ0n) is 13.8. The molecule has 0 spiro atoms. The lowest BCUT2D eigenvalue weighted by molar-refractivity contribution is -0.144. The van der Waals surface area contributed by atoms with E-state index in [1.165, 1.54) is 15.9 Å². The van der Waals surface area contributed by atoms with E-state index in [1.807, 2.05) is 37.3 Å². The Morgan fingerprint density at radius 3 is 3.04 bits per heavy atom. The molecular weight excluding hydrogens is 356 g/mol. The van der Waals surface area contributed by atoms with Crippen LogP contribution in [0.1, 0.15) is 30.2 Å². The van der Waals surface area contributed by atoms with Gasteiger partial charge in [0.2, 0.25) is 5.88 Å². The molecule has 5 nitrogen and oxygen atoms in total. The molecule has 0 unspecified atom stereocenters. The van der Waals surface area contributed by atoms with E-state index < -0.39 is 5.97 Å². The summed E-state index contributed by atoms with van der Waals surface area (Å²) in [6.07, 6.45) is 5.38. The molecule has 130 valence electrons. The quantitative estimate of drug-likeness (QED) is 0.456. The number of benzene rings is 1. The van der Waals surface area contributed by atoms with E-state index in [1.54, 1.807) is 6.21 Å². The van der Waals surface area contributed by atoms with Crippen LogP contribution in [0.3, 0.4) is 0 Å². The minimum Gasteiger partial charge on any atom is -0.493 e. The lowest BCUT2D eigenvalue weighted by Gasteiger charge is -2.06. The summed E-state index contributed by atoms with van der Waals surface area (Å²) in [5.74, 6) is -0.419. The molecule has 0 saturated carbocycles. The summed E-state index contributed by atoms with van der Waals surface area (Å²) in [7, 11) is 0. The van der Waals surface area contributed by atoms with Gasteiger partial charge in [0.15, 0.2) is 3.95 Å². The highest BCUT2D eigenvalue weighted by atomic mass is 32.1. The van der Waals surface area contributed by atoms with Gasteiger partial charge in [-0.25, -0.2) is 0 Å². The summed E-state index contributed by atoms with van der Waals surface area (Å²) in [6, 6.07) is 7.79. The number of aliphatic imine (C=N–C) groups is 1. The van der Waals surface area contributed by atoms with Crippen molar-refractivity contribution in [3.05, 3.63) is 38.7 Å². The number of carbonyl (C=O) groups is 1. The van der Waals surface area contributed by atoms with Gasteiger partial charge in [0.05, 0.1) is 17.2 Å². The molecule has 3 rings (SSSR count). The second-order valence-electron chi connectivity index (χ2n) is 5.59. The average Bonchev–Trinajstić information content (AvgIpc) is 3.12. The number of esters is 1. The van der Waals surface area contributed by atoms with Crippen LogP contribution in [0.15, 0.2) is 29.3 Å². The topological polar surface area (TPSA) is 63.8 Å². The van der Waals surface area contributed by atoms with Crippen molar-refractivity contribution in [2.24, 2.45) is 4.99 Å². The van der Waals surface area contributed by atoms with Crippen LogP contribution in [-0.2, 0) is 16.1 Å². The summed E-state index contributed by atoms with van der Waals surface area (Å²) >= 11 is 6.54. The Balaban J connectivity index is 1.81. The van der Waals surface area contributed by atoms with Crippen LogP contribution in [-0.4, -0.2) is 28.5 Å². The molecule has 2 aromatic rings. The summed E-state index contributed by atoms with van der Waals surface area (Å²) < 4.78 is 6.97. The number of aromatic nitrogens is 1. The summed E-state index contributed by atoms with van der Waals surface area (Å²) in [5.41, 5.74) is 2.81. The van der Waals surface area contributed by atoms with E-state index in [-0.39, 0.29) is 12.4 Å². The lowest BCUT2D eigenvalue weighted by Crippen LogP contribution is -2.13. The van der Waals surface area contributed by atoms with E-state index in [0.29, 0.717) is 15.4 Å². The third kappa shape index (κ3) is 3.88. The molecule has 0 saturated heterocycles. The Labute approximate surface area is 154 Å². The molecule has 0 aliphatic carbocycles. The number of aromatic hydroxyl groups is 1. The molecular formula is C18H18N2O3S2. The summed E-state index contributed by atoms with van der Waals surface area (Å²) in [4.78, 5) is 16.8. The first kappa shape index (κ1) is 17.6. The van der Waals surface area contributed by atoms with E-state index in [0.717, 1.165) is 29.7 Å². The van der Waals surface area contributed by atoms with Gasteiger partial charge >= 0.3 is 5.97 Å². The Bertz CT molecular complexity index is 909. The summed E-state index contributed by atoms with van der Waals surface area (Å²) in [6.45, 7) is 2.33. The van der Waals surface area contributed by atoms with Crippen LogP contribution in [0.2, 0.25) is 0 Å². The maximum Gasteiger partial charge on any atom is 0.326 e. The third-order valence-corrected chi connectivity index (χ3v) is 5.17. The molecule has 1 aromatic carbocycles. The fourth-order valence-corrected chi connectivity index (χ4v) is 3.71. The number of fused-ring (bicyclic) bond motifs is 1. The first-order valence-corrected chi connectivity index (χ1v) is 9.26. The SMILES string of the molecule is CCCCOC(=O)Cn1c(O)c(/C=C2\C=Nc3ccccc32)sc1=S. The van der Waals surface area contributed by atoms with Crippen molar-refractivity contribution in [3.63, 3.8) is 0 Å². The Hall–Kier alpha value is -2.25. The zero-order valence-corrected chi connectivity index (χ0v) is 15.4. The maximum atomic E-state index is 11.9. The zero-order chi connectivity index (χ0) is 17.8. The second-order valence-corrected chi connectivity index (χ2v) is 7.27. The van der Waals surface area contributed by atoms with E-state index >= 15 is 0 Å². The molecule has 1 N–H and O–H groups in total. The van der Waals surface area contributed by atoms with Gasteiger partial charge in [0.25, 0.3) is 0 Å². The smallest absolute Gasteiger partial charge is 0.326 e. The number of hydrogen-bond acceptors (Lipinski definition) is 6. The van der Waals surface area contributed by atoms with Crippen molar-refractivity contribution in [1.82, 2.24) is 4.57 Å². The maximum absolute atomic E-state index is 11.9. The molecule has 25 heavy (non-hydrogen) atoms. The highest BCUT2D eigenvalue weighted by Gasteiger charge is 2.17. The molecule has 7 heteroatoms. The lowest BCUT2D eigenvalue weighted by atomic mass is 10.1. The van der Waals surface area contributed by atoms with Crippen LogP contribution >= 0.6 is 23.6 Å². The highest BCUT2D eigenvalue weighted by molar-refractivity contribution is 7.73.